The average molecular weight is 292 g/mol. The van der Waals surface area contributed by atoms with E-state index < -0.39 is 5.97 Å². The minimum absolute atomic E-state index is 0.0169. The van der Waals surface area contributed by atoms with E-state index >= 15 is 0 Å². The van der Waals surface area contributed by atoms with Gasteiger partial charge in [0.1, 0.15) is 10.8 Å². The van der Waals surface area contributed by atoms with E-state index in [4.69, 9.17) is 5.11 Å². The van der Waals surface area contributed by atoms with Crippen molar-refractivity contribution >= 4 is 17.7 Å². The summed E-state index contributed by atoms with van der Waals surface area (Å²) in [7, 11) is 0. The monoisotopic (exact) mass is 292 g/mol. The van der Waals surface area contributed by atoms with Crippen LogP contribution in [0.1, 0.15) is 24.5 Å². The Balaban J connectivity index is 1.93. The van der Waals surface area contributed by atoms with Crippen molar-refractivity contribution in [3.8, 4) is 5.69 Å². The summed E-state index contributed by atoms with van der Waals surface area (Å²) in [4.78, 5) is 10.7. The van der Waals surface area contributed by atoms with Crippen molar-refractivity contribution < 1.29 is 14.3 Å². The van der Waals surface area contributed by atoms with Crippen LogP contribution >= 0.6 is 11.8 Å². The molecule has 0 aliphatic heterocycles. The summed E-state index contributed by atoms with van der Waals surface area (Å²) in [5.41, 5.74) is 1.73. The molecule has 2 aromatic rings. The van der Waals surface area contributed by atoms with Gasteiger partial charge >= 0.3 is 5.97 Å². The lowest BCUT2D eigenvalue weighted by molar-refractivity contribution is -0.133. The molecule has 0 spiro atoms. The molecule has 20 heavy (non-hydrogen) atoms. The highest BCUT2D eigenvalue weighted by molar-refractivity contribution is 7.99. The Hall–Kier alpha value is -1.82. The van der Waals surface area contributed by atoms with Gasteiger partial charge in [-0.25, -0.2) is 9.07 Å². The summed E-state index contributed by atoms with van der Waals surface area (Å²) >= 11 is 1.23. The van der Waals surface area contributed by atoms with E-state index in [9.17, 15) is 9.18 Å². The fourth-order valence-corrected chi connectivity index (χ4v) is 2.71. The molecule has 6 heteroatoms. The van der Waals surface area contributed by atoms with Gasteiger partial charge < -0.3 is 5.11 Å². The zero-order valence-electron chi connectivity index (χ0n) is 10.6. The fourth-order valence-electron chi connectivity index (χ4n) is 1.97. The Morgan fingerprint density at radius 1 is 1.40 bits per heavy atom. The molecule has 1 aromatic carbocycles. The maximum atomic E-state index is 13.0. The van der Waals surface area contributed by atoms with Gasteiger partial charge in [-0.2, -0.15) is 5.10 Å². The largest absolute Gasteiger partial charge is 0.481 e. The number of rotatable bonds is 5. The molecule has 1 fully saturated rings. The Labute approximate surface area is 119 Å². The molecule has 1 N–H and O–H groups in total. The maximum Gasteiger partial charge on any atom is 0.313 e. The van der Waals surface area contributed by atoms with Crippen LogP contribution in [0.4, 0.5) is 4.39 Å². The van der Waals surface area contributed by atoms with Crippen LogP contribution in [0.25, 0.3) is 5.69 Å². The van der Waals surface area contributed by atoms with E-state index in [-0.39, 0.29) is 11.6 Å². The fraction of sp³-hybridized carbons (Fsp3) is 0.286. The standard InChI is InChI=1S/C14H13FN2O2S/c15-10-3-5-11(6-4-10)17-13(20-8-14(18)19)7-12(16-17)9-1-2-9/h3-7,9H,1-2,8H2,(H,18,19). The molecule has 1 aromatic heterocycles. The third-order valence-electron chi connectivity index (χ3n) is 3.11. The van der Waals surface area contributed by atoms with Crippen LogP contribution in [0.3, 0.4) is 0 Å². The first-order chi connectivity index (χ1) is 9.63. The molecule has 1 aliphatic rings. The van der Waals surface area contributed by atoms with Crippen molar-refractivity contribution in [2.24, 2.45) is 0 Å². The van der Waals surface area contributed by atoms with Crippen LogP contribution in [-0.4, -0.2) is 26.6 Å². The zero-order valence-corrected chi connectivity index (χ0v) is 11.4. The molecule has 0 saturated heterocycles. The highest BCUT2D eigenvalue weighted by atomic mass is 32.2. The van der Waals surface area contributed by atoms with Gasteiger partial charge in [0.15, 0.2) is 0 Å². The van der Waals surface area contributed by atoms with E-state index in [2.05, 4.69) is 5.10 Å². The predicted octanol–water partition coefficient (Wildman–Crippen LogP) is 3.07. The molecule has 1 saturated carbocycles. The van der Waals surface area contributed by atoms with Crippen molar-refractivity contribution in [2.45, 2.75) is 23.8 Å². The Kier molecular flexibility index (Phi) is 3.48. The van der Waals surface area contributed by atoms with Gasteiger partial charge in [-0.15, -0.1) is 0 Å². The topological polar surface area (TPSA) is 55.1 Å². The van der Waals surface area contributed by atoms with Gasteiger partial charge in [0.05, 0.1) is 17.1 Å². The number of carbonyl (C=O) groups is 1. The second-order valence-electron chi connectivity index (χ2n) is 4.75. The van der Waals surface area contributed by atoms with Crippen LogP contribution in [0, 0.1) is 5.82 Å². The van der Waals surface area contributed by atoms with Crippen LogP contribution in [0.5, 0.6) is 0 Å². The summed E-state index contributed by atoms with van der Waals surface area (Å²) in [6.45, 7) is 0. The number of hydrogen-bond donors (Lipinski definition) is 1. The molecule has 0 atom stereocenters. The lowest BCUT2D eigenvalue weighted by Crippen LogP contribution is -2.02. The van der Waals surface area contributed by atoms with E-state index in [1.54, 1.807) is 16.8 Å². The van der Waals surface area contributed by atoms with Crippen molar-refractivity contribution in [1.29, 1.82) is 0 Å². The second-order valence-corrected chi connectivity index (χ2v) is 5.75. The normalized spacial score (nSPS) is 14.4. The van der Waals surface area contributed by atoms with Gasteiger partial charge in [-0.3, -0.25) is 4.79 Å². The molecule has 4 nitrogen and oxygen atoms in total. The van der Waals surface area contributed by atoms with Crippen molar-refractivity contribution in [1.82, 2.24) is 9.78 Å². The van der Waals surface area contributed by atoms with Gasteiger partial charge in [0.25, 0.3) is 0 Å². The minimum Gasteiger partial charge on any atom is -0.481 e. The Morgan fingerprint density at radius 3 is 2.70 bits per heavy atom. The van der Waals surface area contributed by atoms with Gasteiger partial charge in [0, 0.05) is 5.92 Å². The quantitative estimate of drug-likeness (QED) is 0.861. The summed E-state index contributed by atoms with van der Waals surface area (Å²) in [5, 5.41) is 14.1. The first-order valence-electron chi connectivity index (χ1n) is 6.34. The smallest absolute Gasteiger partial charge is 0.313 e. The highest BCUT2D eigenvalue weighted by Gasteiger charge is 2.27. The summed E-state index contributed by atoms with van der Waals surface area (Å²) in [6.07, 6.45) is 2.26. The zero-order chi connectivity index (χ0) is 14.1. The van der Waals surface area contributed by atoms with Crippen LogP contribution in [-0.2, 0) is 4.79 Å². The van der Waals surface area contributed by atoms with E-state index in [0.29, 0.717) is 5.92 Å². The van der Waals surface area contributed by atoms with Crippen molar-refractivity contribution in [2.75, 3.05) is 5.75 Å². The number of carboxylic acid groups (broad SMARTS) is 1. The third-order valence-corrected chi connectivity index (χ3v) is 4.08. The van der Waals surface area contributed by atoms with Gasteiger partial charge in [-0.05, 0) is 43.2 Å². The molecule has 104 valence electrons. The minimum atomic E-state index is -0.866. The predicted molar refractivity (Wildman–Crippen MR) is 73.9 cm³/mol. The van der Waals surface area contributed by atoms with Crippen LogP contribution in [0.15, 0.2) is 35.4 Å². The van der Waals surface area contributed by atoms with E-state index in [1.165, 1.54) is 23.9 Å². The number of benzene rings is 1. The lowest BCUT2D eigenvalue weighted by Gasteiger charge is -2.05. The molecule has 0 amide bonds. The lowest BCUT2D eigenvalue weighted by atomic mass is 10.3. The summed E-state index contributed by atoms with van der Waals surface area (Å²) in [6, 6.07) is 7.97. The number of nitrogens with zero attached hydrogens (tertiary/aromatic N) is 2. The summed E-state index contributed by atoms with van der Waals surface area (Å²) < 4.78 is 14.7. The first kappa shape index (κ1) is 13.2. The Bertz CT molecular complexity index is 635. The van der Waals surface area contributed by atoms with Crippen LogP contribution in [0.2, 0.25) is 0 Å². The molecule has 3 rings (SSSR count). The molecule has 0 radical (unpaired) electrons. The molecular weight excluding hydrogens is 279 g/mol. The molecular formula is C14H13FN2O2S. The molecule has 1 aliphatic carbocycles. The maximum absolute atomic E-state index is 13.0. The number of carboxylic acids is 1. The van der Waals surface area contributed by atoms with Gasteiger partial charge in [0.2, 0.25) is 0 Å². The van der Waals surface area contributed by atoms with E-state index in [0.717, 1.165) is 29.2 Å². The number of halogens is 1. The number of hydrogen-bond acceptors (Lipinski definition) is 3. The highest BCUT2D eigenvalue weighted by Crippen LogP contribution is 2.40. The molecule has 0 bridgehead atoms. The van der Waals surface area contributed by atoms with Gasteiger partial charge in [-0.1, -0.05) is 11.8 Å². The number of aliphatic carboxylic acids is 1. The number of aromatic nitrogens is 2. The second kappa shape index (κ2) is 5.28. The third kappa shape index (κ3) is 2.85. The van der Waals surface area contributed by atoms with Crippen molar-refractivity contribution in [3.63, 3.8) is 0 Å². The van der Waals surface area contributed by atoms with Crippen molar-refractivity contribution in [3.05, 3.63) is 41.8 Å². The first-order valence-corrected chi connectivity index (χ1v) is 7.32. The Morgan fingerprint density at radius 2 is 2.10 bits per heavy atom. The summed E-state index contributed by atoms with van der Waals surface area (Å²) in [5.74, 6) is -0.699. The number of thioether (sulfide) groups is 1. The SMILES string of the molecule is O=C(O)CSc1cc(C2CC2)nn1-c1ccc(F)cc1. The average Bonchev–Trinajstić information content (AvgIpc) is 3.18. The molecule has 0 unspecified atom stereocenters. The van der Waals surface area contributed by atoms with Crippen LogP contribution < -0.4 is 0 Å². The molecule has 1 heterocycles. The van der Waals surface area contributed by atoms with E-state index in [1.807, 2.05) is 6.07 Å².